The first-order valence-electron chi connectivity index (χ1n) is 5.02. The number of Topliss-reactive ketones (excluding diaryl/α,β-unsaturated/α-hetero) is 1. The molecule has 0 spiro atoms. The van der Waals surface area contributed by atoms with Gasteiger partial charge in [0.05, 0.1) is 0 Å². The van der Waals surface area contributed by atoms with Crippen LogP contribution in [0.1, 0.15) is 19.3 Å². The Bertz CT molecular complexity index is 435. The van der Waals surface area contributed by atoms with Gasteiger partial charge >= 0.3 is 13.9 Å². The van der Waals surface area contributed by atoms with Crippen LogP contribution in [0.2, 0.25) is 0 Å². The van der Waals surface area contributed by atoms with Crippen LogP contribution in [0.4, 0.5) is 8.99 Å². The van der Waals surface area contributed by atoms with Crippen LogP contribution in [0.15, 0.2) is 0 Å². The number of ether oxygens (including phenoxy) is 1. The van der Waals surface area contributed by atoms with Crippen LogP contribution >= 0.6 is 7.83 Å². The fourth-order valence-electron chi connectivity index (χ4n) is 1.35. The molecule has 2 N–H and O–H groups in total. The maximum absolute atomic E-state index is 13.3. The third-order valence-corrected chi connectivity index (χ3v) is 3.35. The molecule has 1 amide bonds. The molecule has 0 aromatic rings. The fraction of sp³-hybridized carbons (Fsp3) is 0.556. The fourth-order valence-corrected chi connectivity index (χ4v) is 1.95. The summed E-state index contributed by atoms with van der Waals surface area (Å²) in [6.45, 7) is -0.601. The molecular weight excluding hydrogens is 266 g/mol. The lowest BCUT2D eigenvalue weighted by molar-refractivity contribution is -0.117. The Labute approximate surface area is 103 Å². The third kappa shape index (κ3) is 3.81. The molecule has 7 nitrogen and oxygen atoms in total. The largest absolute Gasteiger partial charge is 0.493 e. The Morgan fingerprint density at radius 2 is 2.39 bits per heavy atom. The van der Waals surface area contributed by atoms with Crippen LogP contribution in [0, 0.1) is 12.3 Å². The molecule has 0 radical (unpaired) electrons. The predicted octanol–water partition coefficient (Wildman–Crippen LogP) is 1.15. The summed E-state index contributed by atoms with van der Waals surface area (Å²) in [4.78, 5) is 22.3. The SMILES string of the molecule is C#CCOP(=O)(F)N(N)C(=O)OC1CCC(=O)C1. The van der Waals surface area contributed by atoms with Crippen molar-refractivity contribution < 1.29 is 27.6 Å². The van der Waals surface area contributed by atoms with Gasteiger partial charge in [-0.3, -0.25) is 9.32 Å². The second kappa shape index (κ2) is 5.96. The van der Waals surface area contributed by atoms with Crippen molar-refractivity contribution in [3.05, 3.63) is 0 Å². The Morgan fingerprint density at radius 1 is 1.72 bits per heavy atom. The van der Waals surface area contributed by atoms with E-state index in [2.05, 4.69) is 4.52 Å². The molecule has 0 aromatic heterocycles. The highest BCUT2D eigenvalue weighted by Gasteiger charge is 2.37. The first kappa shape index (κ1) is 14.6. The van der Waals surface area contributed by atoms with E-state index >= 15 is 0 Å². The van der Waals surface area contributed by atoms with Gasteiger partial charge in [-0.05, 0) is 6.42 Å². The minimum atomic E-state index is -5.02. The second-order valence-corrected chi connectivity index (χ2v) is 5.15. The van der Waals surface area contributed by atoms with Crippen LogP contribution in [0.5, 0.6) is 0 Å². The van der Waals surface area contributed by atoms with Crippen molar-refractivity contribution in [2.24, 2.45) is 5.84 Å². The minimum absolute atomic E-state index is 0.0430. The van der Waals surface area contributed by atoms with Crippen molar-refractivity contribution >= 4 is 19.7 Å². The van der Waals surface area contributed by atoms with Crippen LogP contribution in [0.3, 0.4) is 0 Å². The van der Waals surface area contributed by atoms with Crippen LogP contribution in [0.25, 0.3) is 0 Å². The van der Waals surface area contributed by atoms with Gasteiger partial charge in [-0.15, -0.1) is 15.4 Å². The van der Waals surface area contributed by atoms with Crippen LogP contribution < -0.4 is 5.84 Å². The Balaban J connectivity index is 2.53. The van der Waals surface area contributed by atoms with Crippen molar-refractivity contribution in [1.82, 2.24) is 4.78 Å². The molecule has 1 fully saturated rings. The average molecular weight is 278 g/mol. The number of nitrogens with zero attached hydrogens (tertiary/aromatic N) is 1. The lowest BCUT2D eigenvalue weighted by Gasteiger charge is -2.20. The molecular formula is C9H12FN2O5P. The molecule has 0 saturated heterocycles. The number of hydrazine groups is 1. The van der Waals surface area contributed by atoms with Gasteiger partial charge < -0.3 is 4.74 Å². The van der Waals surface area contributed by atoms with E-state index in [0.717, 1.165) is 0 Å². The maximum atomic E-state index is 13.3. The molecule has 2 unspecified atom stereocenters. The van der Waals surface area contributed by atoms with E-state index < -0.39 is 26.6 Å². The Kier molecular flexibility index (Phi) is 4.84. The summed E-state index contributed by atoms with van der Waals surface area (Å²) >= 11 is 0. The highest BCUT2D eigenvalue weighted by Crippen LogP contribution is 2.50. The van der Waals surface area contributed by atoms with Gasteiger partial charge in [-0.2, -0.15) is 0 Å². The Morgan fingerprint density at radius 3 is 2.89 bits per heavy atom. The van der Waals surface area contributed by atoms with Crippen molar-refractivity contribution in [2.45, 2.75) is 25.4 Å². The molecule has 100 valence electrons. The van der Waals surface area contributed by atoms with Crippen molar-refractivity contribution in [3.8, 4) is 12.3 Å². The van der Waals surface area contributed by atoms with Crippen molar-refractivity contribution in [2.75, 3.05) is 6.61 Å². The van der Waals surface area contributed by atoms with E-state index in [1.165, 1.54) is 0 Å². The van der Waals surface area contributed by atoms with E-state index in [1.54, 1.807) is 0 Å². The normalized spacial score (nSPS) is 22.1. The number of hydrogen-bond acceptors (Lipinski definition) is 6. The molecule has 1 saturated carbocycles. The van der Waals surface area contributed by atoms with Gasteiger partial charge in [-0.25, -0.2) is 15.2 Å². The van der Waals surface area contributed by atoms with E-state index in [4.69, 9.17) is 17.0 Å². The van der Waals surface area contributed by atoms with Crippen molar-refractivity contribution in [3.63, 3.8) is 0 Å². The number of carbonyl (C=O) groups is 2. The molecule has 1 aliphatic rings. The zero-order valence-electron chi connectivity index (χ0n) is 9.37. The summed E-state index contributed by atoms with van der Waals surface area (Å²) in [6.07, 6.45) is 3.40. The van der Waals surface area contributed by atoms with E-state index in [-0.39, 0.29) is 23.4 Å². The molecule has 0 aromatic carbocycles. The standard InChI is InChI=1S/C9H12FN2O5P/c1-2-5-16-18(10,15)12(11)9(14)17-8-4-3-7(13)6-8/h1,8H,3-6,11H2. The molecule has 1 rings (SSSR count). The quantitative estimate of drug-likeness (QED) is 0.272. The van der Waals surface area contributed by atoms with Crippen LogP contribution in [-0.2, 0) is 18.6 Å². The lowest BCUT2D eigenvalue weighted by atomic mass is 10.3. The first-order valence-corrected chi connectivity index (χ1v) is 6.49. The summed E-state index contributed by atoms with van der Waals surface area (Å²) in [5.41, 5.74) is 0. The number of nitrogens with two attached hydrogens (primary N) is 1. The molecule has 18 heavy (non-hydrogen) atoms. The van der Waals surface area contributed by atoms with Crippen LogP contribution in [-0.4, -0.2) is 29.4 Å². The summed E-state index contributed by atoms with van der Waals surface area (Å²) in [5.74, 6) is 6.81. The average Bonchev–Trinajstić information content (AvgIpc) is 2.71. The first-order chi connectivity index (χ1) is 8.36. The molecule has 1 aliphatic carbocycles. The number of amides is 1. The molecule has 9 heteroatoms. The smallest absolute Gasteiger partial charge is 0.444 e. The molecule has 0 heterocycles. The number of carbonyl (C=O) groups excluding carboxylic acids is 2. The van der Waals surface area contributed by atoms with Gasteiger partial charge in [0, 0.05) is 12.8 Å². The number of ketones is 1. The number of halogens is 1. The summed E-state index contributed by atoms with van der Waals surface area (Å²) in [7, 11) is -5.02. The molecule has 2 atom stereocenters. The van der Waals surface area contributed by atoms with Gasteiger partial charge in [0.25, 0.3) is 0 Å². The highest BCUT2D eigenvalue weighted by atomic mass is 31.2. The van der Waals surface area contributed by atoms with E-state index in [0.29, 0.717) is 6.42 Å². The highest BCUT2D eigenvalue weighted by molar-refractivity contribution is 7.51. The topological polar surface area (TPSA) is 98.9 Å². The zero-order chi connectivity index (χ0) is 13.8. The summed E-state index contributed by atoms with van der Waals surface area (Å²) < 4.78 is 33.1. The number of hydrogen-bond donors (Lipinski definition) is 1. The number of rotatable bonds is 4. The van der Waals surface area contributed by atoms with E-state index in [1.807, 2.05) is 5.92 Å². The zero-order valence-corrected chi connectivity index (χ0v) is 10.3. The molecule has 0 aliphatic heterocycles. The molecule has 0 bridgehead atoms. The summed E-state index contributed by atoms with van der Waals surface area (Å²) in [6, 6.07) is 0. The van der Waals surface area contributed by atoms with Gasteiger partial charge in [0.15, 0.2) is 0 Å². The monoisotopic (exact) mass is 278 g/mol. The minimum Gasteiger partial charge on any atom is -0.444 e. The maximum Gasteiger partial charge on any atom is 0.493 e. The van der Waals surface area contributed by atoms with Gasteiger partial charge in [0.2, 0.25) is 0 Å². The van der Waals surface area contributed by atoms with Crippen molar-refractivity contribution in [1.29, 1.82) is 0 Å². The predicted molar refractivity (Wildman–Crippen MR) is 58.7 cm³/mol. The van der Waals surface area contributed by atoms with Gasteiger partial charge in [0.1, 0.15) is 18.5 Å². The third-order valence-electron chi connectivity index (χ3n) is 2.22. The number of terminal acetylenes is 1. The summed E-state index contributed by atoms with van der Waals surface area (Å²) in [5, 5.41) is 0. The van der Waals surface area contributed by atoms with E-state index in [9.17, 15) is 18.4 Å². The lowest BCUT2D eigenvalue weighted by Crippen LogP contribution is -2.36. The Hall–Kier alpha value is -1.42. The second-order valence-electron chi connectivity index (χ2n) is 3.56. The van der Waals surface area contributed by atoms with Gasteiger partial charge in [-0.1, -0.05) is 5.92 Å².